The van der Waals surface area contributed by atoms with Crippen molar-refractivity contribution in [1.82, 2.24) is 10.3 Å². The lowest BCUT2D eigenvalue weighted by Crippen LogP contribution is -2.27. The number of benzene rings is 2. The first kappa shape index (κ1) is 21.7. The van der Waals surface area contributed by atoms with Gasteiger partial charge < -0.3 is 21.4 Å². The molecule has 0 radical (unpaired) electrons. The minimum atomic E-state index is -0.478. The number of fused-ring (bicyclic) bond motifs is 1. The third-order valence-electron chi connectivity index (χ3n) is 3.77. The van der Waals surface area contributed by atoms with Crippen LogP contribution in [0.3, 0.4) is 0 Å². The molecule has 0 aliphatic rings. The van der Waals surface area contributed by atoms with Gasteiger partial charge in [0.1, 0.15) is 0 Å². The molecule has 3 rings (SSSR count). The Balaban J connectivity index is 0.000000360. The molecule has 0 fully saturated rings. The normalized spacial score (nSPS) is 9.83. The molecular formula is C21H21ClN4O3. The maximum Gasteiger partial charge on any atom is 0.253 e. The smallest absolute Gasteiger partial charge is 0.253 e. The molecule has 0 aliphatic heterocycles. The predicted molar refractivity (Wildman–Crippen MR) is 115 cm³/mol. The Kier molecular flexibility index (Phi) is 8.00. The van der Waals surface area contributed by atoms with E-state index >= 15 is 0 Å². The second-order valence-electron chi connectivity index (χ2n) is 5.92. The summed E-state index contributed by atoms with van der Waals surface area (Å²) in [5.74, 6) is -1.13. The summed E-state index contributed by atoms with van der Waals surface area (Å²) >= 11 is 5.54. The molecule has 3 amide bonds. The van der Waals surface area contributed by atoms with Crippen LogP contribution in [-0.2, 0) is 9.59 Å². The van der Waals surface area contributed by atoms with Crippen LogP contribution in [0.15, 0.2) is 67.4 Å². The average molecular weight is 413 g/mol. The summed E-state index contributed by atoms with van der Waals surface area (Å²) in [5.41, 5.74) is 6.77. The van der Waals surface area contributed by atoms with Gasteiger partial charge in [0, 0.05) is 40.8 Å². The summed E-state index contributed by atoms with van der Waals surface area (Å²) in [7, 11) is 0. The van der Waals surface area contributed by atoms with Crippen molar-refractivity contribution in [3.05, 3.63) is 78.0 Å². The van der Waals surface area contributed by atoms with Crippen molar-refractivity contribution in [2.24, 2.45) is 5.73 Å². The lowest BCUT2D eigenvalue weighted by atomic mass is 10.1. The predicted octanol–water partition coefficient (Wildman–Crippen LogP) is 3.24. The second kappa shape index (κ2) is 10.7. The van der Waals surface area contributed by atoms with Crippen LogP contribution in [0.2, 0.25) is 5.02 Å². The number of carbonyl (C=O) groups is 3. The van der Waals surface area contributed by atoms with Gasteiger partial charge in [-0.15, -0.1) is 0 Å². The summed E-state index contributed by atoms with van der Waals surface area (Å²) < 4.78 is 0. The minimum absolute atomic E-state index is 0.0781. The number of aromatic nitrogens is 1. The summed E-state index contributed by atoms with van der Waals surface area (Å²) in [4.78, 5) is 37.1. The number of amides is 3. The fourth-order valence-corrected chi connectivity index (χ4v) is 2.53. The molecule has 7 nitrogen and oxygen atoms in total. The molecule has 0 bridgehead atoms. The Labute approximate surface area is 172 Å². The van der Waals surface area contributed by atoms with Crippen LogP contribution in [0.1, 0.15) is 16.8 Å². The second-order valence-corrected chi connectivity index (χ2v) is 6.36. The SMILES string of the molecule is C=CC(=O)Nc1ccc2[nH]cc(C(=O)NCCC(N)=O)c2c1.Clc1ccccc1. The van der Waals surface area contributed by atoms with Crippen LogP contribution in [0.5, 0.6) is 0 Å². The zero-order valence-corrected chi connectivity index (χ0v) is 16.3. The van der Waals surface area contributed by atoms with Crippen LogP contribution in [-0.4, -0.2) is 29.3 Å². The topological polar surface area (TPSA) is 117 Å². The van der Waals surface area contributed by atoms with Gasteiger partial charge in [-0.2, -0.15) is 0 Å². The number of primary amides is 1. The zero-order chi connectivity index (χ0) is 21.2. The van der Waals surface area contributed by atoms with E-state index in [-0.39, 0.29) is 24.8 Å². The molecular weight excluding hydrogens is 392 g/mol. The lowest BCUT2D eigenvalue weighted by Gasteiger charge is -2.05. The van der Waals surface area contributed by atoms with E-state index in [2.05, 4.69) is 22.2 Å². The number of anilines is 1. The molecule has 1 aromatic heterocycles. The number of aromatic amines is 1. The summed E-state index contributed by atoms with van der Waals surface area (Å²) in [5, 5.41) is 6.71. The average Bonchev–Trinajstić information content (AvgIpc) is 3.12. The summed E-state index contributed by atoms with van der Waals surface area (Å²) in [6, 6.07) is 14.6. The van der Waals surface area contributed by atoms with E-state index < -0.39 is 5.91 Å². The third kappa shape index (κ3) is 6.82. The molecule has 0 saturated carbocycles. The minimum Gasteiger partial charge on any atom is -0.370 e. The highest BCUT2D eigenvalue weighted by molar-refractivity contribution is 6.30. The molecule has 150 valence electrons. The molecule has 0 unspecified atom stereocenters. The van der Waals surface area contributed by atoms with E-state index in [1.54, 1.807) is 24.4 Å². The lowest BCUT2D eigenvalue weighted by molar-refractivity contribution is -0.118. The summed E-state index contributed by atoms with van der Waals surface area (Å²) in [6.45, 7) is 3.56. The molecule has 8 heteroatoms. The Bertz CT molecular complexity index is 1020. The number of hydrogen-bond acceptors (Lipinski definition) is 3. The number of nitrogens with one attached hydrogen (secondary N) is 3. The highest BCUT2D eigenvalue weighted by Gasteiger charge is 2.12. The van der Waals surface area contributed by atoms with Crippen molar-refractivity contribution in [2.45, 2.75) is 6.42 Å². The van der Waals surface area contributed by atoms with Gasteiger partial charge in [0.05, 0.1) is 5.56 Å². The van der Waals surface area contributed by atoms with Gasteiger partial charge in [0.25, 0.3) is 5.91 Å². The largest absolute Gasteiger partial charge is 0.370 e. The van der Waals surface area contributed by atoms with Gasteiger partial charge in [-0.05, 0) is 36.4 Å². The van der Waals surface area contributed by atoms with Crippen LogP contribution in [0, 0.1) is 0 Å². The van der Waals surface area contributed by atoms with Crippen LogP contribution in [0.25, 0.3) is 10.9 Å². The van der Waals surface area contributed by atoms with Gasteiger partial charge in [0.2, 0.25) is 11.8 Å². The Morgan fingerprint density at radius 3 is 2.45 bits per heavy atom. The molecule has 5 N–H and O–H groups in total. The van der Waals surface area contributed by atoms with Crippen LogP contribution < -0.4 is 16.4 Å². The van der Waals surface area contributed by atoms with Crippen molar-refractivity contribution in [1.29, 1.82) is 0 Å². The molecule has 1 heterocycles. The summed E-state index contributed by atoms with van der Waals surface area (Å²) in [6.07, 6.45) is 2.82. The van der Waals surface area contributed by atoms with Gasteiger partial charge in [-0.3, -0.25) is 14.4 Å². The first-order valence-electron chi connectivity index (χ1n) is 8.72. The maximum atomic E-state index is 12.1. The fourth-order valence-electron chi connectivity index (χ4n) is 2.39. The van der Waals surface area contributed by atoms with Gasteiger partial charge in [-0.1, -0.05) is 36.4 Å². The van der Waals surface area contributed by atoms with E-state index in [0.29, 0.717) is 16.6 Å². The number of H-pyrrole nitrogens is 1. The van der Waals surface area contributed by atoms with E-state index in [0.717, 1.165) is 10.5 Å². The van der Waals surface area contributed by atoms with Crippen LogP contribution >= 0.6 is 11.6 Å². The Morgan fingerprint density at radius 2 is 1.86 bits per heavy atom. The molecule has 3 aromatic rings. The van der Waals surface area contributed by atoms with Crippen molar-refractivity contribution in [3.63, 3.8) is 0 Å². The highest BCUT2D eigenvalue weighted by Crippen LogP contribution is 2.22. The first-order chi connectivity index (χ1) is 13.9. The van der Waals surface area contributed by atoms with Gasteiger partial charge in [0.15, 0.2) is 0 Å². The molecule has 0 saturated heterocycles. The molecule has 29 heavy (non-hydrogen) atoms. The quantitative estimate of drug-likeness (QED) is 0.465. The number of halogens is 1. The molecule has 0 spiro atoms. The zero-order valence-electron chi connectivity index (χ0n) is 15.6. The third-order valence-corrected chi connectivity index (χ3v) is 4.02. The highest BCUT2D eigenvalue weighted by atomic mass is 35.5. The van der Waals surface area contributed by atoms with E-state index in [1.165, 1.54) is 6.08 Å². The molecule has 0 atom stereocenters. The standard InChI is InChI=1S/C15H16N4O3.C6H5Cl/c1-2-14(21)19-9-3-4-12-10(7-9)11(8-18-12)15(22)17-6-5-13(16)20;7-6-4-2-1-3-5-6/h2-4,7-8,18H,1,5-6H2,(H2,16,20)(H,17,22)(H,19,21);1-5H. The number of rotatable bonds is 6. The molecule has 2 aromatic carbocycles. The van der Waals surface area contributed by atoms with Gasteiger partial charge in [-0.25, -0.2) is 0 Å². The molecule has 0 aliphatic carbocycles. The number of hydrogen-bond donors (Lipinski definition) is 4. The monoisotopic (exact) mass is 412 g/mol. The number of carbonyl (C=O) groups excluding carboxylic acids is 3. The Hall–Kier alpha value is -3.58. The van der Waals surface area contributed by atoms with E-state index in [4.69, 9.17) is 17.3 Å². The maximum absolute atomic E-state index is 12.1. The number of nitrogens with two attached hydrogens (primary N) is 1. The van der Waals surface area contributed by atoms with Crippen molar-refractivity contribution < 1.29 is 14.4 Å². The van der Waals surface area contributed by atoms with Crippen molar-refractivity contribution >= 4 is 45.9 Å². The van der Waals surface area contributed by atoms with Crippen molar-refractivity contribution in [3.8, 4) is 0 Å². The van der Waals surface area contributed by atoms with Crippen LogP contribution in [0.4, 0.5) is 5.69 Å². The van der Waals surface area contributed by atoms with Gasteiger partial charge >= 0.3 is 0 Å². The fraction of sp³-hybridized carbons (Fsp3) is 0.0952. The Morgan fingerprint density at radius 1 is 1.14 bits per heavy atom. The van der Waals surface area contributed by atoms with E-state index in [9.17, 15) is 14.4 Å². The first-order valence-corrected chi connectivity index (χ1v) is 9.10. The van der Waals surface area contributed by atoms with E-state index in [1.807, 2.05) is 30.3 Å². The van der Waals surface area contributed by atoms with Crippen molar-refractivity contribution in [2.75, 3.05) is 11.9 Å².